The summed E-state index contributed by atoms with van der Waals surface area (Å²) in [6.07, 6.45) is 3.50. The lowest BCUT2D eigenvalue weighted by atomic mass is 10.0. The van der Waals surface area contributed by atoms with Gasteiger partial charge >= 0.3 is 0 Å². The summed E-state index contributed by atoms with van der Waals surface area (Å²) in [5.74, 6) is 0. The number of halogens is 1. The molecule has 0 aliphatic rings. The van der Waals surface area contributed by atoms with Crippen molar-refractivity contribution in [2.24, 2.45) is 0 Å². The maximum atomic E-state index is 5.96. The number of nitrogens with one attached hydrogen (secondary N) is 1. The molecule has 0 bridgehead atoms. The maximum Gasteiger partial charge on any atom is 0.0931 e. The Morgan fingerprint density at radius 3 is 2.65 bits per heavy atom. The van der Waals surface area contributed by atoms with Crippen molar-refractivity contribution in [3.8, 4) is 0 Å². The van der Waals surface area contributed by atoms with Gasteiger partial charge in [-0.25, -0.2) is 0 Å². The second kappa shape index (κ2) is 8.09. The molecule has 1 aromatic heterocycles. The summed E-state index contributed by atoms with van der Waals surface area (Å²) < 4.78 is 6.45. The molecule has 1 heterocycles. The summed E-state index contributed by atoms with van der Waals surface area (Å²) in [6, 6.07) is 4.45. The van der Waals surface area contributed by atoms with Crippen LogP contribution in [0.15, 0.2) is 12.1 Å². The van der Waals surface area contributed by atoms with E-state index in [4.69, 9.17) is 16.3 Å². The Morgan fingerprint density at radius 1 is 1.41 bits per heavy atom. The first-order valence-electron chi connectivity index (χ1n) is 6.21. The fourth-order valence-corrected chi connectivity index (χ4v) is 3.19. The van der Waals surface area contributed by atoms with Gasteiger partial charge in [0.1, 0.15) is 0 Å². The summed E-state index contributed by atoms with van der Waals surface area (Å²) >= 11 is 7.62. The summed E-state index contributed by atoms with van der Waals surface area (Å²) in [5, 5.41) is 3.51. The van der Waals surface area contributed by atoms with Crippen molar-refractivity contribution in [1.82, 2.24) is 5.32 Å². The van der Waals surface area contributed by atoms with Gasteiger partial charge in [0.05, 0.1) is 10.4 Å². The molecule has 1 rings (SSSR count). The molecular formula is C13H22ClNOS. The highest BCUT2D eigenvalue weighted by atomic mass is 35.5. The van der Waals surface area contributed by atoms with Crippen LogP contribution in [0.3, 0.4) is 0 Å². The predicted molar refractivity (Wildman–Crippen MR) is 76.2 cm³/mol. The first kappa shape index (κ1) is 15.0. The zero-order valence-corrected chi connectivity index (χ0v) is 12.4. The number of ether oxygens (including phenoxy) is 1. The van der Waals surface area contributed by atoms with Gasteiger partial charge in [-0.15, -0.1) is 11.3 Å². The van der Waals surface area contributed by atoms with E-state index in [1.165, 1.54) is 4.88 Å². The van der Waals surface area contributed by atoms with Crippen LogP contribution in [-0.2, 0) is 11.2 Å². The minimum Gasteiger partial charge on any atom is -0.380 e. The minimum absolute atomic E-state index is 0.279. The van der Waals surface area contributed by atoms with E-state index in [1.54, 1.807) is 18.4 Å². The maximum absolute atomic E-state index is 5.96. The Kier molecular flexibility index (Phi) is 7.12. The molecule has 2 atom stereocenters. The van der Waals surface area contributed by atoms with Gasteiger partial charge in [0.25, 0.3) is 0 Å². The Bertz CT molecular complexity index is 316. The van der Waals surface area contributed by atoms with Crippen molar-refractivity contribution < 1.29 is 4.74 Å². The lowest BCUT2D eigenvalue weighted by Crippen LogP contribution is -2.42. The number of likely N-dealkylation sites (N-methyl/N-ethyl adjacent to an activating group) is 1. The first-order valence-corrected chi connectivity index (χ1v) is 7.41. The van der Waals surface area contributed by atoms with E-state index in [0.717, 1.165) is 30.1 Å². The Balaban J connectivity index is 2.63. The summed E-state index contributed by atoms with van der Waals surface area (Å²) in [7, 11) is 1.80. The van der Waals surface area contributed by atoms with Crippen molar-refractivity contribution in [3.05, 3.63) is 21.3 Å². The van der Waals surface area contributed by atoms with Crippen LogP contribution < -0.4 is 5.32 Å². The van der Waals surface area contributed by atoms with Gasteiger partial charge in [-0.2, -0.15) is 0 Å². The SMILES string of the molecule is CCCC(OC)C(Cc1ccc(Cl)s1)NCC. The second-order valence-corrected chi connectivity index (χ2v) is 5.94. The molecular weight excluding hydrogens is 254 g/mol. The monoisotopic (exact) mass is 275 g/mol. The van der Waals surface area contributed by atoms with E-state index < -0.39 is 0 Å². The zero-order chi connectivity index (χ0) is 12.7. The summed E-state index contributed by atoms with van der Waals surface area (Å²) in [4.78, 5) is 1.32. The summed E-state index contributed by atoms with van der Waals surface area (Å²) in [5.41, 5.74) is 0. The van der Waals surface area contributed by atoms with Gasteiger partial charge in [-0.05, 0) is 31.5 Å². The van der Waals surface area contributed by atoms with Crippen molar-refractivity contribution in [2.75, 3.05) is 13.7 Å². The van der Waals surface area contributed by atoms with Crippen molar-refractivity contribution in [1.29, 1.82) is 0 Å². The van der Waals surface area contributed by atoms with Crippen LogP contribution in [0.4, 0.5) is 0 Å². The third kappa shape index (κ3) is 4.96. The number of thiophene rings is 1. The minimum atomic E-state index is 0.279. The number of hydrogen-bond acceptors (Lipinski definition) is 3. The fourth-order valence-electron chi connectivity index (χ4n) is 2.04. The van der Waals surface area contributed by atoms with Crippen LogP contribution in [0.25, 0.3) is 0 Å². The summed E-state index contributed by atoms with van der Waals surface area (Å²) in [6.45, 7) is 5.29. The molecule has 2 nitrogen and oxygen atoms in total. The molecule has 0 amide bonds. The molecule has 0 fully saturated rings. The molecule has 0 saturated heterocycles. The molecule has 0 radical (unpaired) electrons. The molecule has 17 heavy (non-hydrogen) atoms. The fraction of sp³-hybridized carbons (Fsp3) is 0.692. The van der Waals surface area contributed by atoms with E-state index in [-0.39, 0.29) is 6.10 Å². The average molecular weight is 276 g/mol. The molecule has 1 aromatic rings. The van der Waals surface area contributed by atoms with E-state index in [2.05, 4.69) is 25.2 Å². The Hall–Kier alpha value is -0.0900. The van der Waals surface area contributed by atoms with Crippen molar-refractivity contribution >= 4 is 22.9 Å². The number of methoxy groups -OCH3 is 1. The standard InChI is InChI=1S/C13H22ClNOS/c1-4-6-12(16-3)11(15-5-2)9-10-7-8-13(14)17-10/h7-8,11-12,15H,4-6,9H2,1-3H3. The third-order valence-electron chi connectivity index (χ3n) is 2.84. The van der Waals surface area contributed by atoms with E-state index >= 15 is 0 Å². The number of rotatable bonds is 8. The van der Waals surface area contributed by atoms with Gasteiger partial charge in [0.2, 0.25) is 0 Å². The topological polar surface area (TPSA) is 21.3 Å². The number of hydrogen-bond donors (Lipinski definition) is 1. The predicted octanol–water partition coefficient (Wildman–Crippen LogP) is 3.74. The first-order chi connectivity index (χ1) is 8.21. The third-order valence-corrected chi connectivity index (χ3v) is 4.09. The molecule has 0 spiro atoms. The second-order valence-electron chi connectivity index (χ2n) is 4.14. The molecule has 0 aliphatic carbocycles. The molecule has 2 unspecified atom stereocenters. The van der Waals surface area contributed by atoms with Crippen LogP contribution in [0.5, 0.6) is 0 Å². The van der Waals surface area contributed by atoms with Gasteiger partial charge in [-0.3, -0.25) is 0 Å². The van der Waals surface area contributed by atoms with Crippen molar-refractivity contribution in [2.45, 2.75) is 45.3 Å². The van der Waals surface area contributed by atoms with Gasteiger partial charge < -0.3 is 10.1 Å². The smallest absolute Gasteiger partial charge is 0.0931 e. The molecule has 0 aromatic carbocycles. The molecule has 4 heteroatoms. The molecule has 98 valence electrons. The highest BCUT2D eigenvalue weighted by Crippen LogP contribution is 2.24. The van der Waals surface area contributed by atoms with Crippen LogP contribution in [0.2, 0.25) is 4.34 Å². The quantitative estimate of drug-likeness (QED) is 0.780. The molecule has 0 aliphatic heterocycles. The average Bonchev–Trinajstić information content (AvgIpc) is 2.71. The normalized spacial score (nSPS) is 14.8. The highest BCUT2D eigenvalue weighted by Gasteiger charge is 2.20. The highest BCUT2D eigenvalue weighted by molar-refractivity contribution is 7.16. The Labute approximate surface area is 113 Å². The molecule has 1 N–H and O–H groups in total. The van der Waals surface area contributed by atoms with E-state index in [0.29, 0.717) is 6.04 Å². The molecule has 0 saturated carbocycles. The Morgan fingerprint density at radius 2 is 2.18 bits per heavy atom. The van der Waals surface area contributed by atoms with Crippen LogP contribution >= 0.6 is 22.9 Å². The van der Waals surface area contributed by atoms with E-state index in [9.17, 15) is 0 Å². The largest absolute Gasteiger partial charge is 0.380 e. The van der Waals surface area contributed by atoms with Crippen LogP contribution in [-0.4, -0.2) is 25.8 Å². The van der Waals surface area contributed by atoms with E-state index in [1.807, 2.05) is 6.07 Å². The lowest BCUT2D eigenvalue weighted by Gasteiger charge is -2.26. The lowest BCUT2D eigenvalue weighted by molar-refractivity contribution is 0.0616. The van der Waals surface area contributed by atoms with Gasteiger partial charge in [0.15, 0.2) is 0 Å². The van der Waals surface area contributed by atoms with Crippen LogP contribution in [0, 0.1) is 0 Å². The van der Waals surface area contributed by atoms with Crippen molar-refractivity contribution in [3.63, 3.8) is 0 Å². The van der Waals surface area contributed by atoms with Gasteiger partial charge in [0, 0.05) is 18.0 Å². The zero-order valence-electron chi connectivity index (χ0n) is 10.8. The van der Waals surface area contributed by atoms with Crippen LogP contribution in [0.1, 0.15) is 31.6 Å². The van der Waals surface area contributed by atoms with Gasteiger partial charge in [-0.1, -0.05) is 31.9 Å².